The van der Waals surface area contributed by atoms with E-state index in [1.54, 1.807) is 28.6 Å². The van der Waals surface area contributed by atoms with Crippen molar-refractivity contribution in [2.24, 2.45) is 13.0 Å². The molecule has 1 aromatic heterocycles. The number of nitrogen functional groups attached to an aromatic ring is 1. The highest BCUT2D eigenvalue weighted by molar-refractivity contribution is 7.98. The maximum absolute atomic E-state index is 11.8. The second-order valence-electron chi connectivity index (χ2n) is 4.04. The van der Waals surface area contributed by atoms with Crippen molar-refractivity contribution in [2.45, 2.75) is 6.92 Å². The van der Waals surface area contributed by atoms with E-state index in [0.717, 1.165) is 5.75 Å². The highest BCUT2D eigenvalue weighted by atomic mass is 32.2. The van der Waals surface area contributed by atoms with Crippen molar-refractivity contribution in [3.63, 3.8) is 0 Å². The Kier molecular flexibility index (Phi) is 4.73. The maximum atomic E-state index is 11.8. The molecule has 1 atom stereocenters. The number of hydrogen-bond donors (Lipinski definition) is 2. The molecule has 0 aliphatic heterocycles. The third kappa shape index (κ3) is 3.48. The normalized spacial score (nSPS) is 12.4. The second kappa shape index (κ2) is 5.84. The predicted octanol–water partition coefficient (Wildman–Crippen LogP) is 1.34. The predicted molar refractivity (Wildman–Crippen MR) is 69.7 cm³/mol. The quantitative estimate of drug-likeness (QED) is 0.817. The molecule has 0 bridgehead atoms. The fourth-order valence-corrected chi connectivity index (χ4v) is 2.20. The number of hydrogen-bond acceptors (Lipinski definition) is 3. The molecule has 1 amide bonds. The van der Waals surface area contributed by atoms with E-state index in [9.17, 15) is 4.79 Å². The smallest absolute Gasteiger partial charge is 0.267 e. The summed E-state index contributed by atoms with van der Waals surface area (Å²) in [6.07, 6.45) is 3.80. The zero-order valence-electron chi connectivity index (χ0n) is 9.99. The Morgan fingerprint density at radius 2 is 2.38 bits per heavy atom. The van der Waals surface area contributed by atoms with E-state index in [2.05, 4.69) is 18.5 Å². The van der Waals surface area contributed by atoms with E-state index < -0.39 is 0 Å². The lowest BCUT2D eigenvalue weighted by Crippen LogP contribution is -2.30. The molecule has 0 spiro atoms. The average molecular weight is 241 g/mol. The van der Waals surface area contributed by atoms with Crippen LogP contribution in [0.2, 0.25) is 0 Å². The summed E-state index contributed by atoms with van der Waals surface area (Å²) in [6.45, 7) is 2.82. The third-order valence-corrected chi connectivity index (χ3v) is 3.22. The van der Waals surface area contributed by atoms with Crippen LogP contribution in [0.3, 0.4) is 0 Å². The number of nitrogens with two attached hydrogens (primary N) is 1. The molecule has 1 aromatic rings. The third-order valence-electron chi connectivity index (χ3n) is 2.32. The van der Waals surface area contributed by atoms with Crippen molar-refractivity contribution in [3.8, 4) is 0 Å². The monoisotopic (exact) mass is 241 g/mol. The number of rotatable bonds is 5. The van der Waals surface area contributed by atoms with E-state index >= 15 is 0 Å². The van der Waals surface area contributed by atoms with Gasteiger partial charge in [0.05, 0.1) is 5.69 Å². The number of carbonyl (C=O) groups excluding carboxylic acids is 1. The first-order chi connectivity index (χ1) is 7.54. The molecule has 0 aliphatic carbocycles. The minimum atomic E-state index is -0.0628. The van der Waals surface area contributed by atoms with Crippen LogP contribution in [0.15, 0.2) is 12.3 Å². The number of nitrogens with zero attached hydrogens (tertiary/aromatic N) is 1. The fraction of sp³-hybridized carbons (Fsp3) is 0.545. The molecule has 1 rings (SSSR count). The molecule has 0 radical (unpaired) electrons. The molecular formula is C11H19N3OS. The molecule has 3 N–H and O–H groups in total. The van der Waals surface area contributed by atoms with Crippen molar-refractivity contribution in [1.29, 1.82) is 0 Å². The number of anilines is 1. The molecule has 0 aromatic carbocycles. The maximum Gasteiger partial charge on any atom is 0.267 e. The summed E-state index contributed by atoms with van der Waals surface area (Å²) in [5.41, 5.74) is 6.84. The summed E-state index contributed by atoms with van der Waals surface area (Å²) in [7, 11) is 1.82. The van der Waals surface area contributed by atoms with Gasteiger partial charge in [0.1, 0.15) is 5.69 Å². The first-order valence-corrected chi connectivity index (χ1v) is 6.63. The minimum absolute atomic E-state index is 0.0628. The Morgan fingerprint density at radius 1 is 1.69 bits per heavy atom. The molecular weight excluding hydrogens is 222 g/mol. The molecule has 0 aliphatic rings. The zero-order valence-corrected chi connectivity index (χ0v) is 10.8. The van der Waals surface area contributed by atoms with Gasteiger partial charge < -0.3 is 15.6 Å². The summed E-state index contributed by atoms with van der Waals surface area (Å²) < 4.78 is 1.74. The Hall–Kier alpha value is -1.10. The highest BCUT2D eigenvalue weighted by Crippen LogP contribution is 2.09. The lowest BCUT2D eigenvalue weighted by atomic mass is 10.2. The van der Waals surface area contributed by atoms with Crippen LogP contribution in [0.5, 0.6) is 0 Å². The van der Waals surface area contributed by atoms with E-state index in [-0.39, 0.29) is 5.91 Å². The zero-order chi connectivity index (χ0) is 12.1. The van der Waals surface area contributed by atoms with Gasteiger partial charge in [0, 0.05) is 19.8 Å². The number of carbonyl (C=O) groups is 1. The SMILES string of the molecule is CSCC(C)CNC(=O)c1cc(N)cn1C. The average Bonchev–Trinajstić information content (AvgIpc) is 2.55. The van der Waals surface area contributed by atoms with E-state index in [4.69, 9.17) is 5.73 Å². The number of nitrogens with one attached hydrogen (secondary N) is 1. The van der Waals surface area contributed by atoms with Gasteiger partial charge in [0.2, 0.25) is 0 Å². The highest BCUT2D eigenvalue weighted by Gasteiger charge is 2.11. The van der Waals surface area contributed by atoms with Crippen LogP contribution in [0.25, 0.3) is 0 Å². The summed E-state index contributed by atoms with van der Waals surface area (Å²) in [4.78, 5) is 11.8. The van der Waals surface area contributed by atoms with E-state index in [0.29, 0.717) is 23.8 Å². The van der Waals surface area contributed by atoms with Crippen molar-refractivity contribution in [2.75, 3.05) is 24.3 Å². The lowest BCUT2D eigenvalue weighted by molar-refractivity contribution is 0.0941. The number of thioether (sulfide) groups is 1. The molecule has 1 unspecified atom stereocenters. The Labute approximate surface area is 101 Å². The van der Waals surface area contributed by atoms with Crippen LogP contribution in [0.4, 0.5) is 5.69 Å². The van der Waals surface area contributed by atoms with E-state index in [1.165, 1.54) is 0 Å². The molecule has 4 nitrogen and oxygen atoms in total. The summed E-state index contributed by atoms with van der Waals surface area (Å²) in [6, 6.07) is 1.69. The van der Waals surface area contributed by atoms with Crippen LogP contribution in [0, 0.1) is 5.92 Å². The summed E-state index contributed by atoms with van der Waals surface area (Å²) in [5, 5.41) is 2.91. The first-order valence-electron chi connectivity index (χ1n) is 5.23. The molecule has 0 saturated carbocycles. The Bertz CT molecular complexity index is 362. The van der Waals surface area contributed by atoms with E-state index in [1.807, 2.05) is 7.05 Å². The molecule has 1 heterocycles. The van der Waals surface area contributed by atoms with Crippen molar-refractivity contribution in [1.82, 2.24) is 9.88 Å². The van der Waals surface area contributed by atoms with Gasteiger partial charge in [-0.3, -0.25) is 4.79 Å². The number of aromatic nitrogens is 1. The summed E-state index contributed by atoms with van der Waals surface area (Å²) in [5.74, 6) is 1.47. The second-order valence-corrected chi connectivity index (χ2v) is 4.95. The van der Waals surface area contributed by atoms with Crippen LogP contribution in [0.1, 0.15) is 17.4 Å². The molecule has 0 saturated heterocycles. The van der Waals surface area contributed by atoms with Crippen LogP contribution in [-0.2, 0) is 7.05 Å². The van der Waals surface area contributed by atoms with Gasteiger partial charge in [0.15, 0.2) is 0 Å². The standard InChI is InChI=1S/C11H19N3OS/c1-8(7-16-3)5-13-11(15)10-4-9(12)6-14(10)2/h4,6,8H,5,7,12H2,1-3H3,(H,13,15). The molecule has 5 heteroatoms. The van der Waals surface area contributed by atoms with Gasteiger partial charge in [-0.1, -0.05) is 6.92 Å². The van der Waals surface area contributed by atoms with Crippen molar-refractivity contribution >= 4 is 23.4 Å². The molecule has 16 heavy (non-hydrogen) atoms. The lowest BCUT2D eigenvalue weighted by Gasteiger charge is -2.11. The van der Waals surface area contributed by atoms with Gasteiger partial charge in [-0.15, -0.1) is 0 Å². The fourth-order valence-electron chi connectivity index (χ4n) is 1.52. The van der Waals surface area contributed by atoms with Crippen LogP contribution >= 0.6 is 11.8 Å². The van der Waals surface area contributed by atoms with Crippen LogP contribution < -0.4 is 11.1 Å². The van der Waals surface area contributed by atoms with Gasteiger partial charge in [0.25, 0.3) is 5.91 Å². The van der Waals surface area contributed by atoms with Crippen molar-refractivity contribution in [3.05, 3.63) is 18.0 Å². The van der Waals surface area contributed by atoms with Gasteiger partial charge >= 0.3 is 0 Å². The summed E-state index contributed by atoms with van der Waals surface area (Å²) >= 11 is 1.79. The van der Waals surface area contributed by atoms with Crippen LogP contribution in [-0.4, -0.2) is 29.0 Å². The van der Waals surface area contributed by atoms with Gasteiger partial charge in [-0.25, -0.2) is 0 Å². The first kappa shape index (κ1) is 13.0. The molecule has 90 valence electrons. The largest absolute Gasteiger partial charge is 0.397 e. The number of amides is 1. The minimum Gasteiger partial charge on any atom is -0.397 e. The number of aryl methyl sites for hydroxylation is 1. The van der Waals surface area contributed by atoms with Gasteiger partial charge in [-0.05, 0) is 24.0 Å². The Balaban J connectivity index is 2.50. The topological polar surface area (TPSA) is 60.1 Å². The van der Waals surface area contributed by atoms with Gasteiger partial charge in [-0.2, -0.15) is 11.8 Å². The Morgan fingerprint density at radius 3 is 2.88 bits per heavy atom. The molecule has 0 fully saturated rings. The van der Waals surface area contributed by atoms with Crippen molar-refractivity contribution < 1.29 is 4.79 Å².